The van der Waals surface area contributed by atoms with Crippen LogP contribution in [-0.2, 0) is 6.42 Å². The number of aryl methyl sites for hydroxylation is 2. The Labute approximate surface area is 121 Å². The number of halogens is 2. The third-order valence-electron chi connectivity index (χ3n) is 3.24. The number of hydrogen-bond acceptors (Lipinski definition) is 3. The molecule has 1 N–H and O–H groups in total. The van der Waals surface area contributed by atoms with Crippen LogP contribution in [0.25, 0.3) is 0 Å². The van der Waals surface area contributed by atoms with Crippen molar-refractivity contribution in [2.45, 2.75) is 33.2 Å². The Hall–Kier alpha value is -1.33. The molecule has 108 valence electrons. The van der Waals surface area contributed by atoms with E-state index in [4.69, 9.17) is 0 Å². The van der Waals surface area contributed by atoms with Gasteiger partial charge in [0, 0.05) is 22.9 Å². The van der Waals surface area contributed by atoms with E-state index >= 15 is 0 Å². The van der Waals surface area contributed by atoms with Gasteiger partial charge in [-0.25, -0.2) is 13.8 Å². The van der Waals surface area contributed by atoms with E-state index in [1.54, 1.807) is 11.3 Å². The highest BCUT2D eigenvalue weighted by atomic mass is 32.1. The molecule has 5 heteroatoms. The summed E-state index contributed by atoms with van der Waals surface area (Å²) in [5.41, 5.74) is 1.36. The van der Waals surface area contributed by atoms with E-state index in [1.165, 1.54) is 12.1 Å². The quantitative estimate of drug-likeness (QED) is 0.904. The molecule has 0 amide bonds. The normalized spacial score (nSPS) is 12.7. The van der Waals surface area contributed by atoms with E-state index in [-0.39, 0.29) is 11.9 Å². The summed E-state index contributed by atoms with van der Waals surface area (Å²) in [6.45, 7) is 6.61. The van der Waals surface area contributed by atoms with E-state index in [1.807, 2.05) is 20.8 Å². The predicted molar refractivity (Wildman–Crippen MR) is 78.1 cm³/mol. The maximum absolute atomic E-state index is 13.9. The van der Waals surface area contributed by atoms with Crippen molar-refractivity contribution in [1.82, 2.24) is 10.3 Å². The molecule has 0 fully saturated rings. The van der Waals surface area contributed by atoms with Crippen molar-refractivity contribution in [3.63, 3.8) is 0 Å². The molecule has 0 aliphatic heterocycles. The Morgan fingerprint density at radius 3 is 2.65 bits per heavy atom. The average Bonchev–Trinajstić information content (AvgIpc) is 2.71. The molecule has 2 aromatic rings. The van der Waals surface area contributed by atoms with Gasteiger partial charge in [0.25, 0.3) is 0 Å². The zero-order chi connectivity index (χ0) is 14.7. The summed E-state index contributed by atoms with van der Waals surface area (Å²) < 4.78 is 27.3. The monoisotopic (exact) mass is 296 g/mol. The Morgan fingerprint density at radius 2 is 2.05 bits per heavy atom. The van der Waals surface area contributed by atoms with Crippen LogP contribution in [0.3, 0.4) is 0 Å². The van der Waals surface area contributed by atoms with Crippen LogP contribution in [-0.4, -0.2) is 11.5 Å². The van der Waals surface area contributed by atoms with Crippen molar-refractivity contribution in [1.29, 1.82) is 0 Å². The van der Waals surface area contributed by atoms with E-state index < -0.39 is 5.82 Å². The SMILES string of the molecule is CCNC(Cc1nc(C)c(C)s1)c1cc(F)ccc1F. The van der Waals surface area contributed by atoms with Gasteiger partial charge in [-0.05, 0) is 38.6 Å². The van der Waals surface area contributed by atoms with Crippen LogP contribution in [0.5, 0.6) is 0 Å². The molecule has 0 bridgehead atoms. The van der Waals surface area contributed by atoms with Gasteiger partial charge in [-0.2, -0.15) is 0 Å². The lowest BCUT2D eigenvalue weighted by Crippen LogP contribution is -2.24. The number of hydrogen-bond donors (Lipinski definition) is 1. The summed E-state index contributed by atoms with van der Waals surface area (Å²) >= 11 is 1.61. The van der Waals surface area contributed by atoms with Crippen molar-refractivity contribution < 1.29 is 8.78 Å². The molecule has 0 saturated heterocycles. The molecule has 0 spiro atoms. The van der Waals surface area contributed by atoms with Gasteiger partial charge in [0.05, 0.1) is 10.7 Å². The van der Waals surface area contributed by atoms with Gasteiger partial charge < -0.3 is 5.32 Å². The first-order valence-corrected chi connectivity index (χ1v) is 7.44. The standard InChI is InChI=1S/C15H18F2N2S/c1-4-18-14(8-15-19-9(2)10(3)20-15)12-7-11(16)5-6-13(12)17/h5-7,14,18H,4,8H2,1-3H3. The lowest BCUT2D eigenvalue weighted by Gasteiger charge is -2.18. The summed E-state index contributed by atoms with van der Waals surface area (Å²) in [6, 6.07) is 3.31. The number of nitrogens with zero attached hydrogens (tertiary/aromatic N) is 1. The van der Waals surface area contributed by atoms with Crippen molar-refractivity contribution in [2.24, 2.45) is 0 Å². The van der Waals surface area contributed by atoms with Gasteiger partial charge in [0.2, 0.25) is 0 Å². The molecule has 20 heavy (non-hydrogen) atoms. The van der Waals surface area contributed by atoms with Crippen molar-refractivity contribution in [3.8, 4) is 0 Å². The Bertz CT molecular complexity index is 576. The number of benzene rings is 1. The molecule has 0 radical (unpaired) electrons. The van der Waals surface area contributed by atoms with E-state index in [9.17, 15) is 8.78 Å². The second-order valence-corrected chi connectivity index (χ2v) is 6.02. The molecule has 1 aromatic carbocycles. The highest BCUT2D eigenvalue weighted by Gasteiger charge is 2.18. The van der Waals surface area contributed by atoms with Crippen LogP contribution in [0.2, 0.25) is 0 Å². The first kappa shape index (κ1) is 15.1. The molecule has 1 unspecified atom stereocenters. The lowest BCUT2D eigenvalue weighted by molar-refractivity contribution is 0.501. The van der Waals surface area contributed by atoms with Crippen LogP contribution >= 0.6 is 11.3 Å². The first-order valence-electron chi connectivity index (χ1n) is 6.62. The van der Waals surface area contributed by atoms with Crippen molar-refractivity contribution >= 4 is 11.3 Å². The Kier molecular flexibility index (Phi) is 4.83. The van der Waals surface area contributed by atoms with Gasteiger partial charge in [-0.15, -0.1) is 11.3 Å². The first-order chi connectivity index (χ1) is 9.51. The Balaban J connectivity index is 2.28. The van der Waals surface area contributed by atoms with Crippen LogP contribution in [0, 0.1) is 25.5 Å². The highest BCUT2D eigenvalue weighted by Crippen LogP contribution is 2.25. The third-order valence-corrected chi connectivity index (χ3v) is 4.33. The van der Waals surface area contributed by atoms with Gasteiger partial charge in [0.1, 0.15) is 11.6 Å². The van der Waals surface area contributed by atoms with Crippen LogP contribution in [0.4, 0.5) is 8.78 Å². The molecule has 0 saturated carbocycles. The molecule has 1 aromatic heterocycles. The fourth-order valence-corrected chi connectivity index (χ4v) is 3.10. The average molecular weight is 296 g/mol. The third kappa shape index (κ3) is 3.41. The number of nitrogens with one attached hydrogen (secondary N) is 1. The molecule has 1 atom stereocenters. The molecule has 0 aliphatic carbocycles. The van der Waals surface area contributed by atoms with Crippen LogP contribution < -0.4 is 5.32 Å². The summed E-state index contributed by atoms with van der Waals surface area (Å²) in [6.07, 6.45) is 0.563. The smallest absolute Gasteiger partial charge is 0.128 e. The Morgan fingerprint density at radius 1 is 1.30 bits per heavy atom. The number of likely N-dealkylation sites (N-methyl/N-ethyl adjacent to an activating group) is 1. The van der Waals surface area contributed by atoms with Crippen LogP contribution in [0.15, 0.2) is 18.2 Å². The number of rotatable bonds is 5. The minimum atomic E-state index is -0.421. The summed E-state index contributed by atoms with van der Waals surface area (Å²) in [7, 11) is 0. The minimum absolute atomic E-state index is 0.263. The molecule has 2 rings (SSSR count). The summed E-state index contributed by atoms with van der Waals surface area (Å²) in [5.74, 6) is -0.807. The van der Waals surface area contributed by atoms with E-state index in [2.05, 4.69) is 10.3 Å². The summed E-state index contributed by atoms with van der Waals surface area (Å²) in [5, 5.41) is 4.14. The number of aromatic nitrogens is 1. The number of thiazole rings is 1. The maximum atomic E-state index is 13.9. The fourth-order valence-electron chi connectivity index (χ4n) is 2.12. The molecule has 2 nitrogen and oxygen atoms in total. The molecular formula is C15H18F2N2S. The molecule has 0 aliphatic rings. The van der Waals surface area contributed by atoms with Gasteiger partial charge in [-0.3, -0.25) is 0 Å². The van der Waals surface area contributed by atoms with Crippen molar-refractivity contribution in [2.75, 3.05) is 6.54 Å². The van der Waals surface area contributed by atoms with Gasteiger partial charge in [0.15, 0.2) is 0 Å². The van der Waals surface area contributed by atoms with Crippen LogP contribution in [0.1, 0.15) is 34.1 Å². The van der Waals surface area contributed by atoms with E-state index in [0.29, 0.717) is 18.5 Å². The zero-order valence-electron chi connectivity index (χ0n) is 11.8. The van der Waals surface area contributed by atoms with Gasteiger partial charge >= 0.3 is 0 Å². The summed E-state index contributed by atoms with van der Waals surface area (Å²) in [4.78, 5) is 5.63. The second-order valence-electron chi connectivity index (χ2n) is 4.73. The van der Waals surface area contributed by atoms with Crippen molar-refractivity contribution in [3.05, 3.63) is 51.0 Å². The minimum Gasteiger partial charge on any atom is -0.310 e. The van der Waals surface area contributed by atoms with E-state index in [0.717, 1.165) is 21.6 Å². The maximum Gasteiger partial charge on any atom is 0.128 e. The predicted octanol–water partition coefficient (Wildman–Crippen LogP) is 3.93. The highest BCUT2D eigenvalue weighted by molar-refractivity contribution is 7.11. The zero-order valence-corrected chi connectivity index (χ0v) is 12.7. The molecular weight excluding hydrogens is 278 g/mol. The second kappa shape index (κ2) is 6.41. The topological polar surface area (TPSA) is 24.9 Å². The fraction of sp³-hybridized carbons (Fsp3) is 0.400. The van der Waals surface area contributed by atoms with Gasteiger partial charge in [-0.1, -0.05) is 6.92 Å². The lowest BCUT2D eigenvalue weighted by atomic mass is 10.0. The largest absolute Gasteiger partial charge is 0.310 e. The molecule has 1 heterocycles.